The number of nitro groups is 1. The SMILES string of the molecule is O=C(O)c1cnn(-c2ccccc2[N+](=O)[O-])c1C(F)F. The van der Waals surface area contributed by atoms with Crippen LogP contribution in [0.4, 0.5) is 14.5 Å². The molecule has 0 atom stereocenters. The summed E-state index contributed by atoms with van der Waals surface area (Å²) < 4.78 is 26.6. The van der Waals surface area contributed by atoms with Gasteiger partial charge in [-0.25, -0.2) is 18.3 Å². The quantitative estimate of drug-likeness (QED) is 0.686. The minimum absolute atomic E-state index is 0.222. The second-order valence-corrected chi connectivity index (χ2v) is 3.71. The fraction of sp³-hybridized carbons (Fsp3) is 0.0909. The van der Waals surface area contributed by atoms with E-state index in [1.54, 1.807) is 0 Å². The Morgan fingerprint density at radius 3 is 2.60 bits per heavy atom. The molecule has 7 nitrogen and oxygen atoms in total. The molecule has 0 saturated heterocycles. The van der Waals surface area contributed by atoms with Crippen molar-refractivity contribution < 1.29 is 23.6 Å². The molecule has 1 aromatic heterocycles. The van der Waals surface area contributed by atoms with Gasteiger partial charge in [0.15, 0.2) is 0 Å². The summed E-state index contributed by atoms with van der Waals surface area (Å²) in [6.07, 6.45) is -2.40. The van der Waals surface area contributed by atoms with Crippen LogP contribution in [0.25, 0.3) is 5.69 Å². The molecule has 104 valence electrons. The van der Waals surface area contributed by atoms with E-state index in [1.807, 2.05) is 0 Å². The van der Waals surface area contributed by atoms with Crippen LogP contribution in [-0.4, -0.2) is 25.8 Å². The Kier molecular flexibility index (Phi) is 3.42. The summed E-state index contributed by atoms with van der Waals surface area (Å²) in [4.78, 5) is 21.0. The van der Waals surface area contributed by atoms with E-state index < -0.39 is 34.3 Å². The minimum Gasteiger partial charge on any atom is -0.478 e. The number of aromatic carboxylic acids is 1. The first-order chi connectivity index (χ1) is 9.43. The Bertz CT molecular complexity index is 684. The first-order valence-corrected chi connectivity index (χ1v) is 5.26. The first-order valence-electron chi connectivity index (χ1n) is 5.26. The predicted octanol–water partition coefficient (Wildman–Crippen LogP) is 2.42. The maximum absolute atomic E-state index is 13.0. The molecule has 0 spiro atoms. The smallest absolute Gasteiger partial charge is 0.339 e. The average Bonchev–Trinajstić information content (AvgIpc) is 2.83. The van der Waals surface area contributed by atoms with Gasteiger partial charge in [0.25, 0.3) is 12.1 Å². The maximum atomic E-state index is 13.0. The Morgan fingerprint density at radius 1 is 1.40 bits per heavy atom. The molecule has 9 heteroatoms. The molecule has 1 heterocycles. The number of alkyl halides is 2. The number of aromatic nitrogens is 2. The van der Waals surface area contributed by atoms with Gasteiger partial charge in [-0.2, -0.15) is 5.10 Å². The third kappa shape index (κ3) is 2.20. The van der Waals surface area contributed by atoms with Crippen molar-refractivity contribution in [2.24, 2.45) is 0 Å². The van der Waals surface area contributed by atoms with Crippen LogP contribution in [0.15, 0.2) is 30.5 Å². The molecule has 0 aliphatic rings. The fourth-order valence-electron chi connectivity index (χ4n) is 1.72. The largest absolute Gasteiger partial charge is 0.478 e. The zero-order valence-corrected chi connectivity index (χ0v) is 9.73. The summed E-state index contributed by atoms with van der Waals surface area (Å²) >= 11 is 0. The number of carbonyl (C=O) groups is 1. The van der Waals surface area contributed by atoms with E-state index in [4.69, 9.17) is 5.11 Å². The molecule has 1 aromatic carbocycles. The van der Waals surface area contributed by atoms with E-state index in [-0.39, 0.29) is 5.69 Å². The number of para-hydroxylation sites is 2. The van der Waals surface area contributed by atoms with Crippen molar-refractivity contribution in [1.29, 1.82) is 0 Å². The van der Waals surface area contributed by atoms with E-state index in [9.17, 15) is 23.7 Å². The lowest BCUT2D eigenvalue weighted by atomic mass is 10.2. The monoisotopic (exact) mass is 283 g/mol. The summed E-state index contributed by atoms with van der Waals surface area (Å²) in [5.41, 5.74) is -2.26. The van der Waals surface area contributed by atoms with Gasteiger partial charge >= 0.3 is 5.97 Å². The number of benzene rings is 1. The number of rotatable bonds is 4. The molecule has 1 N–H and O–H groups in total. The number of carboxylic acids is 1. The summed E-state index contributed by atoms with van der Waals surface area (Å²) in [5, 5.41) is 23.2. The molecule has 0 aliphatic carbocycles. The van der Waals surface area contributed by atoms with Crippen molar-refractivity contribution in [1.82, 2.24) is 9.78 Å². The second-order valence-electron chi connectivity index (χ2n) is 3.71. The average molecular weight is 283 g/mol. The molecule has 0 saturated carbocycles. The van der Waals surface area contributed by atoms with Crippen molar-refractivity contribution in [2.75, 3.05) is 0 Å². The van der Waals surface area contributed by atoms with Crippen molar-refractivity contribution in [2.45, 2.75) is 6.43 Å². The summed E-state index contributed by atoms with van der Waals surface area (Å²) in [6, 6.07) is 5.10. The lowest BCUT2D eigenvalue weighted by molar-refractivity contribution is -0.384. The first kappa shape index (κ1) is 13.6. The van der Waals surface area contributed by atoms with E-state index in [1.165, 1.54) is 18.2 Å². The van der Waals surface area contributed by atoms with Gasteiger partial charge in [0.2, 0.25) is 0 Å². The van der Waals surface area contributed by atoms with Crippen molar-refractivity contribution in [3.63, 3.8) is 0 Å². The molecule has 0 radical (unpaired) electrons. The Morgan fingerprint density at radius 2 is 2.05 bits per heavy atom. The number of carboxylic acid groups (broad SMARTS) is 1. The number of hydrogen-bond donors (Lipinski definition) is 1. The van der Waals surface area contributed by atoms with Crippen LogP contribution in [0, 0.1) is 10.1 Å². The molecular formula is C11H7F2N3O4. The van der Waals surface area contributed by atoms with Crippen LogP contribution in [-0.2, 0) is 0 Å². The van der Waals surface area contributed by atoms with Crippen LogP contribution < -0.4 is 0 Å². The molecule has 0 aliphatic heterocycles. The molecule has 0 bridgehead atoms. The number of nitro benzene ring substituents is 1. The van der Waals surface area contributed by atoms with Crippen LogP contribution in [0.3, 0.4) is 0 Å². The van der Waals surface area contributed by atoms with Gasteiger partial charge in [0.05, 0.1) is 11.1 Å². The third-order valence-electron chi connectivity index (χ3n) is 2.55. The van der Waals surface area contributed by atoms with E-state index in [0.717, 1.165) is 12.3 Å². The number of hydrogen-bond acceptors (Lipinski definition) is 4. The molecule has 0 unspecified atom stereocenters. The van der Waals surface area contributed by atoms with Crippen LogP contribution in [0.2, 0.25) is 0 Å². The fourth-order valence-corrected chi connectivity index (χ4v) is 1.72. The van der Waals surface area contributed by atoms with Crippen LogP contribution in [0.5, 0.6) is 0 Å². The van der Waals surface area contributed by atoms with Crippen molar-refractivity contribution in [3.05, 3.63) is 51.8 Å². The predicted molar refractivity (Wildman–Crippen MR) is 62.1 cm³/mol. The molecule has 0 amide bonds. The van der Waals surface area contributed by atoms with Gasteiger partial charge in [0, 0.05) is 6.07 Å². The highest BCUT2D eigenvalue weighted by Crippen LogP contribution is 2.29. The zero-order chi connectivity index (χ0) is 14.9. The molecule has 0 fully saturated rings. The lowest BCUT2D eigenvalue weighted by Crippen LogP contribution is -2.09. The van der Waals surface area contributed by atoms with Gasteiger partial charge in [-0.15, -0.1) is 0 Å². The van der Waals surface area contributed by atoms with Gasteiger partial charge in [-0.1, -0.05) is 12.1 Å². The Hall–Kier alpha value is -2.84. The Balaban J connectivity index is 2.71. The minimum atomic E-state index is -3.14. The zero-order valence-electron chi connectivity index (χ0n) is 9.73. The van der Waals surface area contributed by atoms with Crippen molar-refractivity contribution in [3.8, 4) is 5.69 Å². The normalized spacial score (nSPS) is 10.8. The summed E-state index contributed by atoms with van der Waals surface area (Å²) in [6.45, 7) is 0. The molecule has 2 aromatic rings. The molecule has 20 heavy (non-hydrogen) atoms. The van der Waals surface area contributed by atoms with Gasteiger partial charge in [0.1, 0.15) is 16.9 Å². The topological polar surface area (TPSA) is 98.3 Å². The second kappa shape index (κ2) is 5.03. The van der Waals surface area contributed by atoms with Crippen LogP contribution in [0.1, 0.15) is 22.5 Å². The molecular weight excluding hydrogens is 276 g/mol. The molecule has 2 rings (SSSR count). The Labute approximate surface area is 110 Å². The highest BCUT2D eigenvalue weighted by atomic mass is 19.3. The van der Waals surface area contributed by atoms with E-state index in [0.29, 0.717) is 4.68 Å². The highest BCUT2D eigenvalue weighted by Gasteiger charge is 2.27. The van der Waals surface area contributed by atoms with Crippen molar-refractivity contribution >= 4 is 11.7 Å². The third-order valence-corrected chi connectivity index (χ3v) is 2.55. The van der Waals surface area contributed by atoms with E-state index >= 15 is 0 Å². The van der Waals surface area contributed by atoms with Gasteiger partial charge < -0.3 is 5.11 Å². The van der Waals surface area contributed by atoms with E-state index in [2.05, 4.69) is 5.10 Å². The summed E-state index contributed by atoms with van der Waals surface area (Å²) in [7, 11) is 0. The standard InChI is InChI=1S/C11H7F2N3O4/c12-10(13)9-6(11(17)18)5-14-15(9)7-3-1-2-4-8(7)16(19)20/h1-5,10H,(H,17,18). The van der Waals surface area contributed by atoms with Gasteiger partial charge in [-0.3, -0.25) is 10.1 Å². The number of nitrogens with zero attached hydrogens (tertiary/aromatic N) is 3. The highest BCUT2D eigenvalue weighted by molar-refractivity contribution is 5.89. The van der Waals surface area contributed by atoms with Gasteiger partial charge in [-0.05, 0) is 6.07 Å². The summed E-state index contributed by atoms with van der Waals surface area (Å²) in [5.74, 6) is -1.58. The lowest BCUT2D eigenvalue weighted by Gasteiger charge is -2.07. The van der Waals surface area contributed by atoms with Crippen LogP contribution >= 0.6 is 0 Å². The maximum Gasteiger partial charge on any atom is 0.339 e. The number of halogens is 2.